The van der Waals surface area contributed by atoms with Crippen LogP contribution >= 0.6 is 0 Å². The van der Waals surface area contributed by atoms with Gasteiger partial charge in [-0.15, -0.1) is 0 Å². The number of likely N-dealkylation sites (tertiary alicyclic amines) is 1. The Labute approximate surface area is 202 Å². The lowest BCUT2D eigenvalue weighted by molar-refractivity contribution is -0.132. The monoisotopic (exact) mass is 482 g/mol. The molecule has 0 bridgehead atoms. The molecule has 1 atom stereocenters. The number of hydrogen-bond acceptors (Lipinski definition) is 4. The van der Waals surface area contributed by atoms with Crippen LogP contribution in [0.4, 0.5) is 0 Å². The van der Waals surface area contributed by atoms with Gasteiger partial charge in [-0.3, -0.25) is 9.35 Å². The molecule has 1 unspecified atom stereocenters. The van der Waals surface area contributed by atoms with E-state index in [-0.39, 0.29) is 22.4 Å². The molecule has 1 aromatic carbocycles. The van der Waals surface area contributed by atoms with Crippen LogP contribution in [-0.4, -0.2) is 36.5 Å². The number of carbonyl (C=O) groups is 1. The summed E-state index contributed by atoms with van der Waals surface area (Å²) in [6, 6.07) is 5.99. The first-order valence-corrected chi connectivity index (χ1v) is 14.0. The molecular weight excluding hydrogens is 436 g/mol. The molecule has 0 saturated carbocycles. The van der Waals surface area contributed by atoms with Crippen LogP contribution in [0.15, 0.2) is 29.2 Å². The highest BCUT2D eigenvalue weighted by Crippen LogP contribution is 2.31. The van der Waals surface area contributed by atoms with E-state index in [1.165, 1.54) is 69.9 Å². The van der Waals surface area contributed by atoms with Gasteiger partial charge in [-0.1, -0.05) is 96.3 Å². The van der Waals surface area contributed by atoms with E-state index in [2.05, 4.69) is 20.8 Å². The SMILES string of the molecule is CCCCCCCCCCCC(C)(C)C(N)N1CCCC1=O.Cc1ccc(S(=O)(=O)O)cc1. The number of amides is 1. The second-order valence-electron chi connectivity index (χ2n) is 9.99. The highest BCUT2D eigenvalue weighted by molar-refractivity contribution is 7.85. The number of unbranched alkanes of at least 4 members (excludes halogenated alkanes) is 8. The van der Waals surface area contributed by atoms with Crippen LogP contribution in [0.2, 0.25) is 0 Å². The molecule has 1 aliphatic heterocycles. The van der Waals surface area contributed by atoms with Crippen molar-refractivity contribution in [2.75, 3.05) is 6.54 Å². The number of hydrogen-bond donors (Lipinski definition) is 2. The smallest absolute Gasteiger partial charge is 0.294 e. The van der Waals surface area contributed by atoms with E-state index in [9.17, 15) is 13.2 Å². The molecule has 1 aliphatic rings. The van der Waals surface area contributed by atoms with E-state index in [0.29, 0.717) is 6.42 Å². The second-order valence-corrected chi connectivity index (χ2v) is 11.4. The van der Waals surface area contributed by atoms with Crippen molar-refractivity contribution in [3.05, 3.63) is 29.8 Å². The molecule has 0 radical (unpaired) electrons. The van der Waals surface area contributed by atoms with E-state index >= 15 is 0 Å². The third kappa shape index (κ3) is 11.5. The molecule has 0 aromatic heterocycles. The predicted octanol–water partition coefficient (Wildman–Crippen LogP) is 6.08. The standard InChI is InChI=1S/C19H38N2O.C7H8O3S/c1-4-5-6-7-8-9-10-11-12-15-19(2,3)18(20)21-16-13-14-17(21)22;1-6-2-4-7(5-3-6)11(8,9)10/h18H,4-16,20H2,1-3H3;2-5H,1H3,(H,8,9,10). The van der Waals surface area contributed by atoms with Crippen LogP contribution in [0.5, 0.6) is 0 Å². The van der Waals surface area contributed by atoms with Gasteiger partial charge in [-0.25, -0.2) is 0 Å². The molecule has 1 heterocycles. The third-order valence-corrected chi connectivity index (χ3v) is 7.36. The highest BCUT2D eigenvalue weighted by Gasteiger charge is 2.35. The Bertz CT molecular complexity index is 791. The van der Waals surface area contributed by atoms with Gasteiger partial charge in [-0.2, -0.15) is 8.42 Å². The zero-order valence-electron chi connectivity index (χ0n) is 21.2. The lowest BCUT2D eigenvalue weighted by Crippen LogP contribution is -2.51. The number of benzene rings is 1. The van der Waals surface area contributed by atoms with E-state index < -0.39 is 10.1 Å². The van der Waals surface area contributed by atoms with Crippen LogP contribution in [-0.2, 0) is 14.9 Å². The Hall–Kier alpha value is -1.44. The maximum atomic E-state index is 11.8. The quantitative estimate of drug-likeness (QED) is 0.262. The van der Waals surface area contributed by atoms with E-state index in [1.807, 2.05) is 11.8 Å². The summed E-state index contributed by atoms with van der Waals surface area (Å²) < 4.78 is 29.6. The summed E-state index contributed by atoms with van der Waals surface area (Å²) >= 11 is 0. The first-order chi connectivity index (χ1) is 15.5. The van der Waals surface area contributed by atoms with Gasteiger partial charge in [0.05, 0.1) is 11.1 Å². The number of nitrogens with zero attached hydrogens (tertiary/aromatic N) is 1. The zero-order chi connectivity index (χ0) is 24.9. The molecule has 1 aromatic rings. The van der Waals surface area contributed by atoms with E-state index in [0.717, 1.165) is 24.9 Å². The Balaban J connectivity index is 0.000000412. The van der Waals surface area contributed by atoms with Crippen LogP contribution in [0.25, 0.3) is 0 Å². The van der Waals surface area contributed by atoms with Crippen LogP contribution in [0.3, 0.4) is 0 Å². The fraction of sp³-hybridized carbons (Fsp3) is 0.731. The largest absolute Gasteiger partial charge is 0.327 e. The molecule has 0 spiro atoms. The summed E-state index contributed by atoms with van der Waals surface area (Å²) in [7, 11) is -4.02. The summed E-state index contributed by atoms with van der Waals surface area (Å²) in [6.07, 6.45) is 14.8. The van der Waals surface area contributed by atoms with Crippen molar-refractivity contribution < 1.29 is 17.8 Å². The number of nitrogens with two attached hydrogens (primary N) is 1. The van der Waals surface area contributed by atoms with Gasteiger partial charge in [0, 0.05) is 13.0 Å². The molecule has 1 saturated heterocycles. The molecule has 1 fully saturated rings. The molecule has 190 valence electrons. The van der Waals surface area contributed by atoms with Crippen molar-refractivity contribution in [2.24, 2.45) is 11.1 Å². The maximum Gasteiger partial charge on any atom is 0.294 e. The Morgan fingerprint density at radius 3 is 1.97 bits per heavy atom. The lowest BCUT2D eigenvalue weighted by Gasteiger charge is -2.37. The molecule has 6 nitrogen and oxygen atoms in total. The summed E-state index contributed by atoms with van der Waals surface area (Å²) in [5.41, 5.74) is 7.35. The van der Waals surface area contributed by atoms with Gasteiger partial charge in [-0.05, 0) is 37.3 Å². The van der Waals surface area contributed by atoms with E-state index in [4.69, 9.17) is 10.3 Å². The van der Waals surface area contributed by atoms with Gasteiger partial charge in [0.15, 0.2) is 0 Å². The number of rotatable bonds is 13. The van der Waals surface area contributed by atoms with Gasteiger partial charge in [0.2, 0.25) is 5.91 Å². The van der Waals surface area contributed by atoms with Crippen molar-refractivity contribution in [1.29, 1.82) is 0 Å². The van der Waals surface area contributed by atoms with Gasteiger partial charge >= 0.3 is 0 Å². The number of aryl methyl sites for hydroxylation is 1. The minimum Gasteiger partial charge on any atom is -0.327 e. The van der Waals surface area contributed by atoms with Gasteiger partial charge in [0.25, 0.3) is 10.1 Å². The van der Waals surface area contributed by atoms with Crippen LogP contribution in [0, 0.1) is 12.3 Å². The van der Waals surface area contributed by atoms with Crippen molar-refractivity contribution in [3.8, 4) is 0 Å². The minimum atomic E-state index is -4.02. The third-order valence-electron chi connectivity index (χ3n) is 6.49. The first-order valence-electron chi connectivity index (χ1n) is 12.6. The topological polar surface area (TPSA) is 101 Å². The van der Waals surface area contributed by atoms with Crippen molar-refractivity contribution in [1.82, 2.24) is 4.90 Å². The molecule has 3 N–H and O–H groups in total. The van der Waals surface area contributed by atoms with Crippen molar-refractivity contribution in [3.63, 3.8) is 0 Å². The molecule has 0 aliphatic carbocycles. The van der Waals surface area contributed by atoms with Crippen molar-refractivity contribution in [2.45, 2.75) is 116 Å². The summed E-state index contributed by atoms with van der Waals surface area (Å²) in [4.78, 5) is 13.7. The molecule has 2 rings (SSSR count). The molecule has 33 heavy (non-hydrogen) atoms. The summed E-state index contributed by atoms with van der Waals surface area (Å²) in [5.74, 6) is 0.243. The molecule has 7 heteroatoms. The summed E-state index contributed by atoms with van der Waals surface area (Å²) in [5, 5.41) is 0. The first kappa shape index (κ1) is 29.6. The molecular formula is C26H46N2O4S. The second kappa shape index (κ2) is 14.7. The predicted molar refractivity (Wildman–Crippen MR) is 136 cm³/mol. The van der Waals surface area contributed by atoms with E-state index in [1.54, 1.807) is 12.1 Å². The lowest BCUT2D eigenvalue weighted by atomic mass is 9.83. The average Bonchev–Trinajstić information content (AvgIpc) is 3.17. The summed E-state index contributed by atoms with van der Waals surface area (Å²) in [6.45, 7) is 9.39. The normalized spacial score (nSPS) is 15.3. The number of carbonyl (C=O) groups excluding carboxylic acids is 1. The Morgan fingerprint density at radius 1 is 1.00 bits per heavy atom. The van der Waals surface area contributed by atoms with Crippen molar-refractivity contribution >= 4 is 16.0 Å². The van der Waals surface area contributed by atoms with Gasteiger partial charge in [0.1, 0.15) is 0 Å². The van der Waals surface area contributed by atoms with Crippen LogP contribution in [0.1, 0.15) is 103 Å². The average molecular weight is 483 g/mol. The Morgan fingerprint density at radius 2 is 1.52 bits per heavy atom. The molecule has 1 amide bonds. The fourth-order valence-electron chi connectivity index (χ4n) is 4.13. The zero-order valence-corrected chi connectivity index (χ0v) is 22.0. The Kier molecular flexibility index (Phi) is 13.2. The van der Waals surface area contributed by atoms with Crippen LogP contribution < -0.4 is 5.73 Å². The maximum absolute atomic E-state index is 11.8. The fourth-order valence-corrected chi connectivity index (χ4v) is 4.61. The highest BCUT2D eigenvalue weighted by atomic mass is 32.2. The minimum absolute atomic E-state index is 0.0289. The van der Waals surface area contributed by atoms with Gasteiger partial charge < -0.3 is 10.6 Å².